The molecule has 0 radical (unpaired) electrons. The second-order valence-electron chi connectivity index (χ2n) is 7.65. The van der Waals surface area contributed by atoms with Gasteiger partial charge in [-0.2, -0.15) is 0 Å². The Bertz CT molecular complexity index is 1090. The summed E-state index contributed by atoms with van der Waals surface area (Å²) in [4.78, 5) is 23.3. The largest absolute Gasteiger partial charge is 0.465 e. The first-order chi connectivity index (χ1) is 16.0. The van der Waals surface area contributed by atoms with Gasteiger partial charge in [0.05, 0.1) is 31.5 Å². The molecule has 0 saturated heterocycles. The molecule has 2 aromatic carbocycles. The summed E-state index contributed by atoms with van der Waals surface area (Å²) < 4.78 is 15.6. The van der Waals surface area contributed by atoms with Gasteiger partial charge >= 0.3 is 11.9 Å². The van der Waals surface area contributed by atoms with Crippen molar-refractivity contribution in [3.8, 4) is 11.3 Å². The molecule has 6 heteroatoms. The van der Waals surface area contributed by atoms with E-state index in [1.54, 1.807) is 36.4 Å². The number of aliphatic hydroxyl groups is 1. The number of aryl methyl sites for hydroxylation is 1. The first-order valence-corrected chi connectivity index (χ1v) is 10.7. The number of ether oxygens (including phenoxy) is 2. The number of allylic oxidation sites excluding steroid dienone is 1. The fourth-order valence-corrected chi connectivity index (χ4v) is 3.60. The number of methoxy groups -OCH3 is 2. The third-order valence-corrected chi connectivity index (χ3v) is 5.39. The van der Waals surface area contributed by atoms with Gasteiger partial charge in [0, 0.05) is 12.0 Å². The first-order valence-electron chi connectivity index (χ1n) is 10.7. The summed E-state index contributed by atoms with van der Waals surface area (Å²) in [5.41, 5.74) is 3.45. The van der Waals surface area contributed by atoms with Crippen molar-refractivity contribution in [1.29, 1.82) is 0 Å². The van der Waals surface area contributed by atoms with Crippen LogP contribution in [0.5, 0.6) is 0 Å². The molecule has 0 aliphatic heterocycles. The molecule has 1 aromatic heterocycles. The predicted octanol–water partition coefficient (Wildman–Crippen LogP) is 5.30. The van der Waals surface area contributed by atoms with E-state index in [0.717, 1.165) is 36.1 Å². The summed E-state index contributed by atoms with van der Waals surface area (Å²) >= 11 is 0. The zero-order valence-corrected chi connectivity index (χ0v) is 18.9. The quantitative estimate of drug-likeness (QED) is 0.257. The van der Waals surface area contributed by atoms with Crippen molar-refractivity contribution in [2.24, 2.45) is 0 Å². The molecule has 1 atom stereocenters. The SMILES string of the molecule is C=CCCCc1cc(CC(O)c2ccc(C(=O)OC)cc2)oc1-c1ccc(C(=O)OC)cc1. The van der Waals surface area contributed by atoms with Crippen LogP contribution in [0.25, 0.3) is 11.3 Å². The van der Waals surface area contributed by atoms with Crippen molar-refractivity contribution < 1.29 is 28.6 Å². The van der Waals surface area contributed by atoms with Crippen LogP contribution < -0.4 is 0 Å². The van der Waals surface area contributed by atoms with Crippen LogP contribution in [0.1, 0.15) is 56.5 Å². The topological polar surface area (TPSA) is 86.0 Å². The molecule has 1 unspecified atom stereocenters. The van der Waals surface area contributed by atoms with Crippen LogP contribution in [0.4, 0.5) is 0 Å². The summed E-state index contributed by atoms with van der Waals surface area (Å²) in [7, 11) is 2.68. The zero-order valence-electron chi connectivity index (χ0n) is 18.9. The smallest absolute Gasteiger partial charge is 0.337 e. The van der Waals surface area contributed by atoms with E-state index in [9.17, 15) is 14.7 Å². The van der Waals surface area contributed by atoms with E-state index in [0.29, 0.717) is 22.5 Å². The molecule has 6 nitrogen and oxygen atoms in total. The standard InChI is InChI=1S/C27H28O6/c1-4-5-6-7-22-16-23(17-24(28)18-8-12-20(13-9-18)26(29)31-2)33-25(22)19-10-14-21(15-11-19)27(30)32-3/h4,8-16,24,28H,1,5-7,17H2,2-3H3. The Labute approximate surface area is 193 Å². The average molecular weight is 449 g/mol. The van der Waals surface area contributed by atoms with Crippen LogP contribution in [-0.2, 0) is 22.3 Å². The molecule has 0 saturated carbocycles. The molecule has 33 heavy (non-hydrogen) atoms. The second-order valence-corrected chi connectivity index (χ2v) is 7.65. The van der Waals surface area contributed by atoms with E-state index >= 15 is 0 Å². The minimum atomic E-state index is -0.793. The Morgan fingerprint density at radius 3 is 2.12 bits per heavy atom. The Kier molecular flexibility index (Phi) is 8.22. The number of unbranched alkanes of at least 4 members (excludes halogenated alkanes) is 1. The number of aliphatic hydroxyl groups excluding tert-OH is 1. The monoisotopic (exact) mass is 448 g/mol. The van der Waals surface area contributed by atoms with E-state index < -0.39 is 18.0 Å². The van der Waals surface area contributed by atoms with Gasteiger partial charge in [-0.1, -0.05) is 30.3 Å². The summed E-state index contributed by atoms with van der Waals surface area (Å²) in [6.45, 7) is 3.78. The average Bonchev–Trinajstić information content (AvgIpc) is 3.25. The summed E-state index contributed by atoms with van der Waals surface area (Å²) in [5.74, 6) is 0.558. The molecule has 0 amide bonds. The van der Waals surface area contributed by atoms with Gasteiger partial charge in [-0.15, -0.1) is 6.58 Å². The van der Waals surface area contributed by atoms with Gasteiger partial charge < -0.3 is 19.0 Å². The van der Waals surface area contributed by atoms with E-state index in [1.807, 2.05) is 24.3 Å². The number of hydrogen-bond donors (Lipinski definition) is 1. The number of carbonyl (C=O) groups excluding carboxylic acids is 2. The van der Waals surface area contributed by atoms with Crippen molar-refractivity contribution in [2.45, 2.75) is 31.8 Å². The Hall–Kier alpha value is -3.64. The van der Waals surface area contributed by atoms with Crippen molar-refractivity contribution in [3.05, 3.63) is 95.3 Å². The van der Waals surface area contributed by atoms with Crippen LogP contribution in [0.3, 0.4) is 0 Å². The summed E-state index contributed by atoms with van der Waals surface area (Å²) in [6.07, 6.45) is 3.98. The highest BCUT2D eigenvalue weighted by Crippen LogP contribution is 2.31. The number of carbonyl (C=O) groups is 2. The van der Waals surface area contributed by atoms with Gasteiger partial charge in [-0.3, -0.25) is 0 Å². The lowest BCUT2D eigenvalue weighted by Gasteiger charge is -2.10. The molecule has 0 aliphatic carbocycles. The molecule has 0 spiro atoms. The Balaban J connectivity index is 1.82. The maximum absolute atomic E-state index is 11.7. The molecule has 0 aliphatic rings. The van der Waals surface area contributed by atoms with Gasteiger partial charge in [0.25, 0.3) is 0 Å². The lowest BCUT2D eigenvalue weighted by Crippen LogP contribution is -2.04. The number of rotatable bonds is 10. The molecule has 3 aromatic rings. The van der Waals surface area contributed by atoms with Crippen LogP contribution in [0.2, 0.25) is 0 Å². The lowest BCUT2D eigenvalue weighted by molar-refractivity contribution is 0.0592. The van der Waals surface area contributed by atoms with Crippen molar-refractivity contribution in [2.75, 3.05) is 14.2 Å². The van der Waals surface area contributed by atoms with Crippen LogP contribution in [0.15, 0.2) is 71.7 Å². The van der Waals surface area contributed by atoms with Crippen LogP contribution in [-0.4, -0.2) is 31.3 Å². The lowest BCUT2D eigenvalue weighted by atomic mass is 10.0. The maximum Gasteiger partial charge on any atom is 0.337 e. The Morgan fingerprint density at radius 1 is 1.00 bits per heavy atom. The third-order valence-electron chi connectivity index (χ3n) is 5.39. The van der Waals surface area contributed by atoms with Crippen molar-refractivity contribution in [3.63, 3.8) is 0 Å². The molecule has 172 valence electrons. The summed E-state index contributed by atoms with van der Waals surface area (Å²) in [5, 5.41) is 10.7. The number of esters is 2. The minimum absolute atomic E-state index is 0.284. The molecule has 0 bridgehead atoms. The highest BCUT2D eigenvalue weighted by Gasteiger charge is 2.18. The normalized spacial score (nSPS) is 11.6. The Morgan fingerprint density at radius 2 is 1.58 bits per heavy atom. The van der Waals surface area contributed by atoms with Gasteiger partial charge in [0.15, 0.2) is 0 Å². The van der Waals surface area contributed by atoms with E-state index in [-0.39, 0.29) is 6.42 Å². The van der Waals surface area contributed by atoms with Crippen molar-refractivity contribution in [1.82, 2.24) is 0 Å². The maximum atomic E-state index is 11.7. The van der Waals surface area contributed by atoms with E-state index in [1.165, 1.54) is 14.2 Å². The zero-order chi connectivity index (χ0) is 23.8. The molecular formula is C27H28O6. The molecule has 0 fully saturated rings. The minimum Gasteiger partial charge on any atom is -0.465 e. The van der Waals surface area contributed by atoms with E-state index in [2.05, 4.69) is 6.58 Å². The first kappa shape index (κ1) is 24.0. The molecule has 1 heterocycles. The fraction of sp³-hybridized carbons (Fsp3) is 0.259. The predicted molar refractivity (Wildman–Crippen MR) is 125 cm³/mol. The molecule has 3 rings (SSSR count). The van der Waals surface area contributed by atoms with Gasteiger partial charge in [-0.05, 0) is 60.7 Å². The number of benzene rings is 2. The molecular weight excluding hydrogens is 420 g/mol. The van der Waals surface area contributed by atoms with Gasteiger partial charge in [-0.25, -0.2) is 9.59 Å². The highest BCUT2D eigenvalue weighted by molar-refractivity contribution is 5.90. The summed E-state index contributed by atoms with van der Waals surface area (Å²) in [6, 6.07) is 15.7. The van der Waals surface area contributed by atoms with Crippen molar-refractivity contribution >= 4 is 11.9 Å². The van der Waals surface area contributed by atoms with Crippen LogP contribution in [0, 0.1) is 0 Å². The van der Waals surface area contributed by atoms with E-state index in [4.69, 9.17) is 13.9 Å². The van der Waals surface area contributed by atoms with Gasteiger partial charge in [0.1, 0.15) is 11.5 Å². The van der Waals surface area contributed by atoms with Crippen LogP contribution >= 0.6 is 0 Å². The molecule has 1 N–H and O–H groups in total. The second kappa shape index (κ2) is 11.3. The number of furan rings is 1. The third kappa shape index (κ3) is 5.99. The highest BCUT2D eigenvalue weighted by atomic mass is 16.5. The number of hydrogen-bond acceptors (Lipinski definition) is 6. The fourth-order valence-electron chi connectivity index (χ4n) is 3.60. The van der Waals surface area contributed by atoms with Gasteiger partial charge in [0.2, 0.25) is 0 Å².